The Bertz CT molecular complexity index is 401. The van der Waals surface area contributed by atoms with Crippen LogP contribution in [0.4, 0.5) is 0 Å². The van der Waals surface area contributed by atoms with Gasteiger partial charge in [0.25, 0.3) is 0 Å². The largest absolute Gasteiger partial charge is 0.481 e. The minimum absolute atomic E-state index is 0.288. The first-order chi connectivity index (χ1) is 7.51. The number of rotatable bonds is 2. The van der Waals surface area contributed by atoms with E-state index in [9.17, 15) is 9.90 Å². The fraction of sp³-hybridized carbons (Fsp3) is 0.417. The quantitative estimate of drug-likeness (QED) is 0.827. The summed E-state index contributed by atoms with van der Waals surface area (Å²) in [5.41, 5.74) is 1.93. The second-order valence-electron chi connectivity index (χ2n) is 4.20. The first-order valence-electron chi connectivity index (χ1n) is 5.17. The highest BCUT2D eigenvalue weighted by Gasteiger charge is 2.42. The number of aryl methyl sites for hydroxylation is 1. The molecular formula is C12H14O3S. The van der Waals surface area contributed by atoms with Gasteiger partial charge < -0.3 is 10.2 Å². The van der Waals surface area contributed by atoms with Gasteiger partial charge in [0.1, 0.15) is 4.93 Å². The molecule has 1 saturated heterocycles. The monoisotopic (exact) mass is 238 g/mol. The van der Waals surface area contributed by atoms with Gasteiger partial charge in [-0.25, -0.2) is 0 Å². The molecule has 86 valence electrons. The molecule has 1 aliphatic rings. The molecule has 2 unspecified atom stereocenters. The van der Waals surface area contributed by atoms with Crippen LogP contribution in [0, 0.1) is 12.8 Å². The third-order valence-corrected chi connectivity index (χ3v) is 4.35. The summed E-state index contributed by atoms with van der Waals surface area (Å²) in [4.78, 5) is 9.82. The van der Waals surface area contributed by atoms with Crippen LogP contribution >= 0.6 is 11.8 Å². The zero-order valence-corrected chi connectivity index (χ0v) is 9.83. The molecule has 1 fully saturated rings. The van der Waals surface area contributed by atoms with E-state index < -0.39 is 16.8 Å². The van der Waals surface area contributed by atoms with Crippen molar-refractivity contribution in [2.75, 3.05) is 5.75 Å². The van der Waals surface area contributed by atoms with Crippen molar-refractivity contribution >= 4 is 17.7 Å². The number of aliphatic carboxylic acids is 1. The van der Waals surface area contributed by atoms with Gasteiger partial charge in [0, 0.05) is 12.2 Å². The van der Waals surface area contributed by atoms with Gasteiger partial charge in [0.05, 0.1) is 5.92 Å². The fourth-order valence-corrected chi connectivity index (χ4v) is 3.22. The van der Waals surface area contributed by atoms with Gasteiger partial charge in [-0.2, -0.15) is 0 Å². The molecule has 0 saturated carbocycles. The van der Waals surface area contributed by atoms with Crippen molar-refractivity contribution < 1.29 is 15.0 Å². The van der Waals surface area contributed by atoms with Crippen LogP contribution < -0.4 is 0 Å². The maximum absolute atomic E-state index is 10.9. The van der Waals surface area contributed by atoms with Crippen molar-refractivity contribution in [3.8, 4) is 0 Å². The lowest BCUT2D eigenvalue weighted by Crippen LogP contribution is -2.21. The van der Waals surface area contributed by atoms with Crippen LogP contribution in [0.2, 0.25) is 0 Å². The number of hydrogen-bond donors (Lipinski definition) is 2. The van der Waals surface area contributed by atoms with Crippen LogP contribution in [0.25, 0.3) is 0 Å². The van der Waals surface area contributed by atoms with E-state index in [1.807, 2.05) is 31.2 Å². The SMILES string of the molecule is Cc1ccc(C2(O)CC(C(=O)O)CS2)cc1. The number of aliphatic hydroxyl groups is 1. The van der Waals surface area contributed by atoms with Gasteiger partial charge >= 0.3 is 5.97 Å². The van der Waals surface area contributed by atoms with Crippen LogP contribution in [0.15, 0.2) is 24.3 Å². The smallest absolute Gasteiger partial charge is 0.307 e. The maximum atomic E-state index is 10.9. The van der Waals surface area contributed by atoms with Gasteiger partial charge in [-0.3, -0.25) is 4.79 Å². The number of carboxylic acid groups (broad SMARTS) is 1. The third-order valence-electron chi connectivity index (χ3n) is 2.90. The molecule has 1 aromatic rings. The lowest BCUT2D eigenvalue weighted by Gasteiger charge is -2.22. The summed E-state index contributed by atoms with van der Waals surface area (Å²) in [6.07, 6.45) is 0.288. The third kappa shape index (κ3) is 2.08. The van der Waals surface area contributed by atoms with Gasteiger partial charge in [-0.05, 0) is 12.5 Å². The average Bonchev–Trinajstić information content (AvgIpc) is 2.63. The van der Waals surface area contributed by atoms with Crippen molar-refractivity contribution in [2.45, 2.75) is 18.3 Å². The van der Waals surface area contributed by atoms with Crippen molar-refractivity contribution in [2.24, 2.45) is 5.92 Å². The summed E-state index contributed by atoms with van der Waals surface area (Å²) in [6, 6.07) is 7.60. The lowest BCUT2D eigenvalue weighted by molar-refractivity contribution is -0.141. The Kier molecular flexibility index (Phi) is 2.95. The molecule has 16 heavy (non-hydrogen) atoms. The summed E-state index contributed by atoms with van der Waals surface area (Å²) in [5, 5.41) is 19.3. The molecule has 4 heteroatoms. The average molecular weight is 238 g/mol. The van der Waals surface area contributed by atoms with E-state index in [-0.39, 0.29) is 6.42 Å². The van der Waals surface area contributed by atoms with Gasteiger partial charge in [0.2, 0.25) is 0 Å². The minimum Gasteiger partial charge on any atom is -0.481 e. The van der Waals surface area contributed by atoms with Gasteiger partial charge in [-0.1, -0.05) is 29.8 Å². The Hall–Kier alpha value is -1.00. The summed E-state index contributed by atoms with van der Waals surface area (Å²) >= 11 is 1.31. The Balaban J connectivity index is 2.21. The molecule has 2 atom stereocenters. The van der Waals surface area contributed by atoms with E-state index in [1.54, 1.807) is 0 Å². The zero-order valence-electron chi connectivity index (χ0n) is 9.01. The molecule has 0 aliphatic carbocycles. The maximum Gasteiger partial charge on any atom is 0.307 e. The van der Waals surface area contributed by atoms with E-state index in [0.29, 0.717) is 5.75 Å². The number of thioether (sulfide) groups is 1. The second kappa shape index (κ2) is 4.11. The van der Waals surface area contributed by atoms with E-state index in [0.717, 1.165) is 11.1 Å². The van der Waals surface area contributed by atoms with Crippen LogP contribution in [0.1, 0.15) is 17.5 Å². The van der Waals surface area contributed by atoms with E-state index in [4.69, 9.17) is 5.11 Å². The van der Waals surface area contributed by atoms with Crippen LogP contribution in [0.5, 0.6) is 0 Å². The standard InChI is InChI=1S/C12H14O3S/c1-8-2-4-10(5-3-8)12(15)6-9(7-16-12)11(13)14/h2-5,9,15H,6-7H2,1H3,(H,13,14). The second-order valence-corrected chi connectivity index (χ2v) is 5.50. The van der Waals surface area contributed by atoms with Crippen LogP contribution in [-0.2, 0) is 9.73 Å². The predicted molar refractivity (Wildman–Crippen MR) is 63.3 cm³/mol. The predicted octanol–water partition coefficient (Wildman–Crippen LogP) is 1.98. The summed E-state index contributed by atoms with van der Waals surface area (Å²) in [6.45, 7) is 1.98. The van der Waals surface area contributed by atoms with Crippen LogP contribution in [0.3, 0.4) is 0 Å². The number of benzene rings is 1. The Morgan fingerprint density at radius 1 is 1.44 bits per heavy atom. The van der Waals surface area contributed by atoms with Gasteiger partial charge in [0.15, 0.2) is 0 Å². The fourth-order valence-electron chi connectivity index (χ4n) is 1.86. The first-order valence-corrected chi connectivity index (χ1v) is 6.16. The molecule has 1 aromatic carbocycles. The lowest BCUT2D eigenvalue weighted by atomic mass is 9.97. The van der Waals surface area contributed by atoms with Crippen molar-refractivity contribution in [3.63, 3.8) is 0 Å². The minimum atomic E-state index is -1.03. The molecule has 2 rings (SSSR count). The summed E-state index contributed by atoms with van der Waals surface area (Å²) in [7, 11) is 0. The summed E-state index contributed by atoms with van der Waals surface area (Å²) < 4.78 is 0. The molecule has 0 amide bonds. The van der Waals surface area contributed by atoms with Crippen molar-refractivity contribution in [3.05, 3.63) is 35.4 Å². The zero-order chi connectivity index (χ0) is 11.8. The Labute approximate surface area is 98.5 Å². The molecule has 1 heterocycles. The molecule has 0 aromatic heterocycles. The first kappa shape index (κ1) is 11.5. The van der Waals surface area contributed by atoms with E-state index >= 15 is 0 Å². The van der Waals surface area contributed by atoms with E-state index in [1.165, 1.54) is 11.8 Å². The number of carbonyl (C=O) groups is 1. The molecule has 0 radical (unpaired) electrons. The van der Waals surface area contributed by atoms with Crippen molar-refractivity contribution in [1.29, 1.82) is 0 Å². The normalized spacial score (nSPS) is 29.2. The topological polar surface area (TPSA) is 57.5 Å². The molecule has 0 spiro atoms. The highest BCUT2D eigenvalue weighted by atomic mass is 32.2. The molecule has 1 aliphatic heterocycles. The summed E-state index contributed by atoms with van der Waals surface area (Å²) in [5.74, 6) is -0.800. The highest BCUT2D eigenvalue weighted by molar-refractivity contribution is 8.00. The van der Waals surface area contributed by atoms with Gasteiger partial charge in [-0.15, -0.1) is 11.8 Å². The Morgan fingerprint density at radius 3 is 2.56 bits per heavy atom. The number of hydrogen-bond acceptors (Lipinski definition) is 3. The van der Waals surface area contributed by atoms with E-state index in [2.05, 4.69) is 0 Å². The molecule has 0 bridgehead atoms. The Morgan fingerprint density at radius 2 is 2.06 bits per heavy atom. The highest BCUT2D eigenvalue weighted by Crippen LogP contribution is 2.46. The van der Waals surface area contributed by atoms with Crippen LogP contribution in [-0.4, -0.2) is 21.9 Å². The molecule has 3 nitrogen and oxygen atoms in total. The number of carboxylic acids is 1. The van der Waals surface area contributed by atoms with Crippen molar-refractivity contribution in [1.82, 2.24) is 0 Å². The molecular weight excluding hydrogens is 224 g/mol. The molecule has 2 N–H and O–H groups in total.